The van der Waals surface area contributed by atoms with Crippen molar-refractivity contribution in [2.75, 3.05) is 0 Å². The van der Waals surface area contributed by atoms with Gasteiger partial charge in [-0.3, -0.25) is 0 Å². The first kappa shape index (κ1) is 9.53. The Morgan fingerprint density at radius 1 is 1.60 bits per heavy atom. The van der Waals surface area contributed by atoms with Crippen LogP contribution >= 0.6 is 24.4 Å². The monoisotopic (exact) mass is 173 g/mol. The number of rotatable bonds is 3. The first-order valence-corrected chi connectivity index (χ1v) is 3.35. The molecule has 0 aromatic heterocycles. The molecule has 0 aliphatic carbocycles. The van der Waals surface area contributed by atoms with Crippen LogP contribution in [0.5, 0.6) is 0 Å². The van der Waals surface area contributed by atoms with Gasteiger partial charge in [-0.25, -0.2) is 4.40 Å². The molecule has 0 atom stereocenters. The Labute approximate surface area is 71.3 Å². The topological polar surface area (TPSA) is 12.4 Å². The van der Waals surface area contributed by atoms with Gasteiger partial charge in [-0.2, -0.15) is 0 Å². The van der Waals surface area contributed by atoms with Crippen molar-refractivity contribution < 1.29 is 0 Å². The van der Waals surface area contributed by atoms with E-state index in [1.807, 2.05) is 0 Å². The van der Waals surface area contributed by atoms with Gasteiger partial charge in [0.25, 0.3) is 0 Å². The summed E-state index contributed by atoms with van der Waals surface area (Å²) in [4.78, 5) is 0. The molecule has 0 radical (unpaired) electrons. The van der Waals surface area contributed by atoms with Gasteiger partial charge in [0.1, 0.15) is 0 Å². The molecule has 3 heteroatoms. The van der Waals surface area contributed by atoms with Gasteiger partial charge in [0, 0.05) is 16.8 Å². The zero-order valence-corrected chi connectivity index (χ0v) is 7.07. The van der Waals surface area contributed by atoms with Crippen molar-refractivity contribution in [1.29, 1.82) is 0 Å². The summed E-state index contributed by atoms with van der Waals surface area (Å²) < 4.78 is 3.48. The summed E-state index contributed by atoms with van der Waals surface area (Å²) >= 11 is 9.21. The molecule has 1 nitrogen and oxygen atoms in total. The van der Waals surface area contributed by atoms with Crippen LogP contribution in [-0.2, 0) is 0 Å². The number of nitrogens with zero attached hydrogens (tertiary/aromatic N) is 1. The fourth-order valence-electron chi connectivity index (χ4n) is 0.393. The molecule has 0 amide bonds. The molecule has 0 N–H and O–H groups in total. The Morgan fingerprint density at radius 2 is 2.20 bits per heavy atom. The van der Waals surface area contributed by atoms with Crippen molar-refractivity contribution in [3.63, 3.8) is 0 Å². The fourth-order valence-corrected chi connectivity index (χ4v) is 0.629. The van der Waals surface area contributed by atoms with E-state index < -0.39 is 0 Å². The number of halogens is 1. The second kappa shape index (κ2) is 5.33. The van der Waals surface area contributed by atoms with E-state index in [4.69, 9.17) is 11.6 Å². The SMILES string of the molecule is C=C/C=C(/C=N/S)C(=C)Cl. The van der Waals surface area contributed by atoms with Crippen LogP contribution in [0.3, 0.4) is 0 Å². The summed E-state index contributed by atoms with van der Waals surface area (Å²) in [5.74, 6) is 0. The van der Waals surface area contributed by atoms with Crippen molar-refractivity contribution in [2.45, 2.75) is 0 Å². The Balaban J connectivity index is 4.41. The summed E-state index contributed by atoms with van der Waals surface area (Å²) in [6, 6.07) is 0. The Bertz CT molecular complexity index is 194. The molecular formula is C7H8ClNS. The number of allylic oxidation sites excluding steroid dienone is 4. The number of hydrogen-bond acceptors (Lipinski definition) is 2. The second-order valence-corrected chi connectivity index (χ2v) is 2.19. The second-order valence-electron chi connectivity index (χ2n) is 1.51. The number of thiol groups is 1. The lowest BCUT2D eigenvalue weighted by atomic mass is 10.2. The Kier molecular flexibility index (Phi) is 5.08. The average molecular weight is 174 g/mol. The first-order chi connectivity index (χ1) is 4.72. The van der Waals surface area contributed by atoms with E-state index >= 15 is 0 Å². The Hall–Kier alpha value is -0.470. The molecule has 0 aromatic rings. The molecular weight excluding hydrogens is 166 g/mol. The van der Waals surface area contributed by atoms with E-state index in [-0.39, 0.29) is 0 Å². The molecule has 0 heterocycles. The molecule has 0 aliphatic rings. The van der Waals surface area contributed by atoms with Crippen LogP contribution in [0.1, 0.15) is 0 Å². The standard InChI is InChI=1S/C7H8ClNS/c1-3-4-7(5-9-10)6(2)8/h3-5,10H,1-2H2/b7-4-,9-5+. The minimum absolute atomic E-state index is 0.428. The lowest BCUT2D eigenvalue weighted by molar-refractivity contribution is 1.77. The van der Waals surface area contributed by atoms with Crippen molar-refractivity contribution in [2.24, 2.45) is 4.40 Å². The van der Waals surface area contributed by atoms with Gasteiger partial charge >= 0.3 is 0 Å². The van der Waals surface area contributed by atoms with Crippen molar-refractivity contribution >= 4 is 30.6 Å². The molecule has 0 fully saturated rings. The molecule has 0 bridgehead atoms. The maximum absolute atomic E-state index is 5.57. The van der Waals surface area contributed by atoms with Gasteiger partial charge in [0.15, 0.2) is 0 Å². The number of hydrogen-bond donors (Lipinski definition) is 1. The highest BCUT2D eigenvalue weighted by Gasteiger charge is 1.91. The molecule has 0 aromatic carbocycles. The van der Waals surface area contributed by atoms with Gasteiger partial charge in [-0.1, -0.05) is 36.9 Å². The summed E-state index contributed by atoms with van der Waals surface area (Å²) in [7, 11) is 0. The first-order valence-electron chi connectivity index (χ1n) is 2.57. The summed E-state index contributed by atoms with van der Waals surface area (Å²) in [6.07, 6.45) is 4.81. The predicted molar refractivity (Wildman–Crippen MR) is 50.8 cm³/mol. The fraction of sp³-hybridized carbons (Fsp3) is 0. The quantitative estimate of drug-likeness (QED) is 0.383. The van der Waals surface area contributed by atoms with Crippen molar-refractivity contribution in [1.82, 2.24) is 0 Å². The van der Waals surface area contributed by atoms with Gasteiger partial charge in [-0.05, 0) is 12.8 Å². The predicted octanol–water partition coefficient (Wildman–Crippen LogP) is 2.77. The van der Waals surface area contributed by atoms with E-state index in [1.165, 1.54) is 6.21 Å². The van der Waals surface area contributed by atoms with Gasteiger partial charge in [-0.15, -0.1) is 0 Å². The molecule has 54 valence electrons. The third-order valence-electron chi connectivity index (χ3n) is 0.807. The largest absolute Gasteiger partial charge is 0.227 e. The minimum atomic E-state index is 0.428. The third kappa shape index (κ3) is 3.54. The molecule has 0 unspecified atom stereocenters. The lowest BCUT2D eigenvalue weighted by Gasteiger charge is -1.92. The van der Waals surface area contributed by atoms with E-state index in [2.05, 4.69) is 30.4 Å². The normalized spacial score (nSPS) is 12.0. The summed E-state index contributed by atoms with van der Waals surface area (Å²) in [6.45, 7) is 7.02. The molecule has 10 heavy (non-hydrogen) atoms. The molecule has 0 spiro atoms. The van der Waals surface area contributed by atoms with E-state index in [1.54, 1.807) is 12.2 Å². The van der Waals surface area contributed by atoms with Crippen LogP contribution in [0.15, 0.2) is 40.3 Å². The maximum Gasteiger partial charge on any atom is 0.0435 e. The van der Waals surface area contributed by atoms with Crippen LogP contribution in [-0.4, -0.2) is 6.21 Å². The van der Waals surface area contributed by atoms with E-state index in [9.17, 15) is 0 Å². The molecule has 0 saturated heterocycles. The highest BCUT2D eigenvalue weighted by Crippen LogP contribution is 2.09. The highest BCUT2D eigenvalue weighted by atomic mass is 35.5. The van der Waals surface area contributed by atoms with Crippen molar-refractivity contribution in [3.8, 4) is 0 Å². The molecule has 0 rings (SSSR count). The minimum Gasteiger partial charge on any atom is -0.227 e. The van der Waals surface area contributed by atoms with Crippen LogP contribution in [0, 0.1) is 0 Å². The summed E-state index contributed by atoms with van der Waals surface area (Å²) in [5.41, 5.74) is 0.715. The van der Waals surface area contributed by atoms with Crippen molar-refractivity contribution in [3.05, 3.63) is 35.9 Å². The zero-order chi connectivity index (χ0) is 7.98. The van der Waals surface area contributed by atoms with Gasteiger partial charge < -0.3 is 0 Å². The zero-order valence-electron chi connectivity index (χ0n) is 5.42. The Morgan fingerprint density at radius 3 is 2.50 bits per heavy atom. The van der Waals surface area contributed by atoms with Gasteiger partial charge in [0.2, 0.25) is 0 Å². The lowest BCUT2D eigenvalue weighted by Crippen LogP contribution is -1.80. The summed E-state index contributed by atoms with van der Waals surface area (Å²) in [5, 5.41) is 0.428. The van der Waals surface area contributed by atoms with Crippen LogP contribution < -0.4 is 0 Å². The molecule has 0 aliphatic heterocycles. The average Bonchev–Trinajstić information content (AvgIpc) is 1.87. The van der Waals surface area contributed by atoms with Crippen LogP contribution in [0.2, 0.25) is 0 Å². The van der Waals surface area contributed by atoms with Crippen LogP contribution in [0.25, 0.3) is 0 Å². The van der Waals surface area contributed by atoms with E-state index in [0.717, 1.165) is 0 Å². The van der Waals surface area contributed by atoms with E-state index in [0.29, 0.717) is 10.6 Å². The smallest absolute Gasteiger partial charge is 0.0435 e. The molecule has 0 saturated carbocycles. The van der Waals surface area contributed by atoms with Crippen LogP contribution in [0.4, 0.5) is 0 Å². The van der Waals surface area contributed by atoms with Gasteiger partial charge in [0.05, 0.1) is 0 Å². The third-order valence-corrected chi connectivity index (χ3v) is 1.14. The maximum atomic E-state index is 5.57. The highest BCUT2D eigenvalue weighted by molar-refractivity contribution is 7.79.